The monoisotopic (exact) mass is 263 g/mol. The van der Waals surface area contributed by atoms with E-state index in [9.17, 15) is 4.79 Å². The van der Waals surface area contributed by atoms with Crippen LogP contribution >= 0.6 is 11.8 Å². The maximum Gasteiger partial charge on any atom is 0.328 e. The van der Waals surface area contributed by atoms with Crippen molar-refractivity contribution in [2.45, 2.75) is 6.54 Å². The van der Waals surface area contributed by atoms with Gasteiger partial charge in [0.05, 0.1) is 0 Å². The molecule has 1 aromatic rings. The van der Waals surface area contributed by atoms with E-state index < -0.39 is 5.97 Å². The highest BCUT2D eigenvalue weighted by molar-refractivity contribution is 7.99. The van der Waals surface area contributed by atoms with E-state index in [0.717, 1.165) is 25.2 Å². The van der Waals surface area contributed by atoms with Crippen LogP contribution in [0.25, 0.3) is 6.08 Å². The van der Waals surface area contributed by atoms with Crippen molar-refractivity contribution < 1.29 is 9.90 Å². The summed E-state index contributed by atoms with van der Waals surface area (Å²) in [6.07, 6.45) is 2.88. The largest absolute Gasteiger partial charge is 0.478 e. The minimum atomic E-state index is -0.904. The number of carboxylic acids is 1. The number of carbonyl (C=O) groups is 1. The van der Waals surface area contributed by atoms with E-state index in [1.807, 2.05) is 30.0 Å². The van der Waals surface area contributed by atoms with Crippen molar-refractivity contribution in [2.24, 2.45) is 0 Å². The van der Waals surface area contributed by atoms with E-state index in [-0.39, 0.29) is 0 Å². The lowest BCUT2D eigenvalue weighted by Gasteiger charge is -2.26. The van der Waals surface area contributed by atoms with Crippen molar-refractivity contribution in [1.29, 1.82) is 0 Å². The Morgan fingerprint density at radius 1 is 1.33 bits per heavy atom. The van der Waals surface area contributed by atoms with Crippen molar-refractivity contribution in [1.82, 2.24) is 4.90 Å². The highest BCUT2D eigenvalue weighted by Gasteiger charge is 2.11. The van der Waals surface area contributed by atoms with Gasteiger partial charge in [0.2, 0.25) is 0 Å². The molecule has 0 unspecified atom stereocenters. The number of rotatable bonds is 4. The smallest absolute Gasteiger partial charge is 0.328 e. The number of nitrogens with zero attached hydrogens (tertiary/aromatic N) is 1. The maximum atomic E-state index is 10.6. The zero-order chi connectivity index (χ0) is 12.8. The van der Waals surface area contributed by atoms with Crippen LogP contribution in [-0.4, -0.2) is 40.6 Å². The minimum Gasteiger partial charge on any atom is -0.478 e. The van der Waals surface area contributed by atoms with Gasteiger partial charge in [0, 0.05) is 37.2 Å². The third kappa shape index (κ3) is 3.89. The Kier molecular flexibility index (Phi) is 4.84. The molecule has 1 aliphatic rings. The summed E-state index contributed by atoms with van der Waals surface area (Å²) >= 11 is 1.99. The lowest BCUT2D eigenvalue weighted by molar-refractivity contribution is -0.131. The van der Waals surface area contributed by atoms with Crippen molar-refractivity contribution in [3.8, 4) is 0 Å². The van der Waals surface area contributed by atoms with Crippen LogP contribution in [0.5, 0.6) is 0 Å². The molecule has 3 nitrogen and oxygen atoms in total. The fourth-order valence-corrected chi connectivity index (χ4v) is 2.98. The highest BCUT2D eigenvalue weighted by Crippen LogP contribution is 2.16. The van der Waals surface area contributed by atoms with Crippen LogP contribution in [0, 0.1) is 0 Å². The molecule has 0 spiro atoms. The Hall–Kier alpha value is -1.26. The normalized spacial score (nSPS) is 17.1. The molecule has 1 saturated heterocycles. The van der Waals surface area contributed by atoms with Crippen LogP contribution in [0.3, 0.4) is 0 Å². The van der Waals surface area contributed by atoms with Gasteiger partial charge in [-0.3, -0.25) is 4.90 Å². The Bertz CT molecular complexity index is 439. The molecule has 4 heteroatoms. The molecule has 0 aromatic heterocycles. The number of aliphatic carboxylic acids is 1. The van der Waals surface area contributed by atoms with E-state index >= 15 is 0 Å². The third-order valence-corrected chi connectivity index (χ3v) is 3.90. The molecule has 0 aliphatic carbocycles. The molecule has 1 fully saturated rings. The lowest BCUT2D eigenvalue weighted by Crippen LogP contribution is -2.32. The maximum absolute atomic E-state index is 10.6. The number of benzene rings is 1. The Morgan fingerprint density at radius 3 is 2.78 bits per heavy atom. The third-order valence-electron chi connectivity index (χ3n) is 2.96. The van der Waals surface area contributed by atoms with Gasteiger partial charge in [-0.05, 0) is 17.2 Å². The summed E-state index contributed by atoms with van der Waals surface area (Å²) in [5, 5.41) is 8.69. The summed E-state index contributed by atoms with van der Waals surface area (Å²) < 4.78 is 0. The van der Waals surface area contributed by atoms with Crippen LogP contribution in [0.15, 0.2) is 30.3 Å². The van der Waals surface area contributed by atoms with E-state index in [4.69, 9.17) is 5.11 Å². The van der Waals surface area contributed by atoms with Gasteiger partial charge in [-0.15, -0.1) is 0 Å². The molecule has 0 bridgehead atoms. The van der Waals surface area contributed by atoms with E-state index in [0.29, 0.717) is 0 Å². The zero-order valence-electron chi connectivity index (χ0n) is 10.2. The molecule has 0 amide bonds. The van der Waals surface area contributed by atoms with E-state index in [2.05, 4.69) is 11.0 Å². The summed E-state index contributed by atoms with van der Waals surface area (Å²) in [5.41, 5.74) is 2.19. The molecule has 1 N–H and O–H groups in total. The lowest BCUT2D eigenvalue weighted by atomic mass is 10.1. The van der Waals surface area contributed by atoms with Crippen molar-refractivity contribution in [3.05, 3.63) is 41.5 Å². The second-order valence-electron chi connectivity index (χ2n) is 4.26. The number of hydrogen-bond donors (Lipinski definition) is 1. The SMILES string of the molecule is O=C(O)/C=C/c1ccccc1CN1CCSCC1. The Balaban J connectivity index is 2.08. The van der Waals surface area contributed by atoms with Crippen molar-refractivity contribution in [3.63, 3.8) is 0 Å². The summed E-state index contributed by atoms with van der Waals surface area (Å²) in [6.45, 7) is 3.13. The molecule has 0 saturated carbocycles. The van der Waals surface area contributed by atoms with Crippen molar-refractivity contribution >= 4 is 23.8 Å². The molecule has 96 valence electrons. The first kappa shape index (κ1) is 13.2. The van der Waals surface area contributed by atoms with Gasteiger partial charge in [0.25, 0.3) is 0 Å². The van der Waals surface area contributed by atoms with Crippen LogP contribution in [0.4, 0.5) is 0 Å². The average Bonchev–Trinajstić information content (AvgIpc) is 2.39. The molecule has 0 atom stereocenters. The molecular weight excluding hydrogens is 246 g/mol. The Labute approximate surface area is 111 Å². The van der Waals surface area contributed by atoms with Crippen LogP contribution < -0.4 is 0 Å². The van der Waals surface area contributed by atoms with Crippen molar-refractivity contribution in [2.75, 3.05) is 24.6 Å². The van der Waals surface area contributed by atoms with Gasteiger partial charge in [0.1, 0.15) is 0 Å². The average molecular weight is 263 g/mol. The van der Waals surface area contributed by atoms with Gasteiger partial charge in [-0.1, -0.05) is 24.3 Å². The molecule has 0 radical (unpaired) electrons. The predicted molar refractivity (Wildman–Crippen MR) is 75.7 cm³/mol. The second kappa shape index (κ2) is 6.61. The first-order valence-corrected chi connectivity index (χ1v) is 7.20. The molecule has 1 aliphatic heterocycles. The summed E-state index contributed by atoms with van der Waals surface area (Å²) in [6, 6.07) is 7.99. The standard InChI is InChI=1S/C14H17NO2S/c16-14(17)6-5-12-3-1-2-4-13(12)11-15-7-9-18-10-8-15/h1-6H,7-11H2,(H,16,17)/b6-5+. The fraction of sp³-hybridized carbons (Fsp3) is 0.357. The zero-order valence-corrected chi connectivity index (χ0v) is 11.0. The Morgan fingerprint density at radius 2 is 2.06 bits per heavy atom. The molecular formula is C14H17NO2S. The van der Waals surface area contributed by atoms with Crippen LogP contribution in [0.1, 0.15) is 11.1 Å². The predicted octanol–water partition coefficient (Wildman–Crippen LogP) is 2.33. The molecule has 2 rings (SSSR count). The minimum absolute atomic E-state index is 0.903. The summed E-state index contributed by atoms with van der Waals surface area (Å²) in [5.74, 6) is 1.47. The van der Waals surface area contributed by atoms with E-state index in [1.165, 1.54) is 23.1 Å². The fourth-order valence-electron chi connectivity index (χ4n) is 2.00. The summed E-state index contributed by atoms with van der Waals surface area (Å²) in [4.78, 5) is 13.0. The molecule has 1 heterocycles. The van der Waals surface area contributed by atoms with Crippen LogP contribution in [0.2, 0.25) is 0 Å². The van der Waals surface area contributed by atoms with Crippen LogP contribution in [-0.2, 0) is 11.3 Å². The first-order chi connectivity index (χ1) is 8.75. The quantitative estimate of drug-likeness (QED) is 0.846. The van der Waals surface area contributed by atoms with Gasteiger partial charge < -0.3 is 5.11 Å². The molecule has 1 aromatic carbocycles. The number of hydrogen-bond acceptors (Lipinski definition) is 3. The first-order valence-electron chi connectivity index (χ1n) is 6.05. The number of carboxylic acid groups (broad SMARTS) is 1. The van der Waals surface area contributed by atoms with Gasteiger partial charge in [-0.2, -0.15) is 11.8 Å². The van der Waals surface area contributed by atoms with Gasteiger partial charge >= 0.3 is 5.97 Å². The highest BCUT2D eigenvalue weighted by atomic mass is 32.2. The van der Waals surface area contributed by atoms with E-state index in [1.54, 1.807) is 6.08 Å². The van der Waals surface area contributed by atoms with Gasteiger partial charge in [0.15, 0.2) is 0 Å². The van der Waals surface area contributed by atoms with Gasteiger partial charge in [-0.25, -0.2) is 4.79 Å². The summed E-state index contributed by atoms with van der Waals surface area (Å²) in [7, 11) is 0. The second-order valence-corrected chi connectivity index (χ2v) is 5.48. The molecule has 18 heavy (non-hydrogen) atoms. The topological polar surface area (TPSA) is 40.5 Å². The number of thioether (sulfide) groups is 1.